The molecule has 162 valence electrons. The lowest BCUT2D eigenvalue weighted by Gasteiger charge is -2.23. The van der Waals surface area contributed by atoms with Crippen molar-refractivity contribution < 1.29 is 14.3 Å². The maximum atomic E-state index is 12.9. The van der Waals surface area contributed by atoms with Crippen LogP contribution in [-0.4, -0.2) is 13.0 Å². The Morgan fingerprint density at radius 1 is 0.903 bits per heavy atom. The minimum atomic E-state index is -0.153. The molecule has 0 aliphatic carbocycles. The summed E-state index contributed by atoms with van der Waals surface area (Å²) in [6, 6.07) is 21.3. The lowest BCUT2D eigenvalue weighted by Crippen LogP contribution is -2.15. The molecular weight excluding hydrogens is 386 g/mol. The van der Waals surface area contributed by atoms with E-state index in [0.29, 0.717) is 17.9 Å². The van der Waals surface area contributed by atoms with Crippen LogP contribution in [0, 0.1) is 0 Å². The highest BCUT2D eigenvalue weighted by Gasteiger charge is 2.19. The average molecular weight is 418 g/mol. The Morgan fingerprint density at radius 3 is 2.32 bits per heavy atom. The Balaban J connectivity index is 1.82. The Kier molecular flexibility index (Phi) is 7.01. The van der Waals surface area contributed by atoms with Gasteiger partial charge in [-0.3, -0.25) is 4.79 Å². The van der Waals surface area contributed by atoms with E-state index in [1.807, 2.05) is 54.6 Å². The molecule has 0 unspecified atom stereocenters. The van der Waals surface area contributed by atoms with Gasteiger partial charge in [0.2, 0.25) is 0 Å². The monoisotopic (exact) mass is 417 g/mol. The quantitative estimate of drug-likeness (QED) is 0.485. The van der Waals surface area contributed by atoms with Crippen LogP contribution in [0.2, 0.25) is 0 Å². The molecule has 0 atom stereocenters. The first-order chi connectivity index (χ1) is 14.8. The maximum Gasteiger partial charge on any atom is 0.255 e. The largest absolute Gasteiger partial charge is 0.496 e. The third-order valence-corrected chi connectivity index (χ3v) is 5.27. The molecule has 0 fully saturated rings. The zero-order valence-corrected chi connectivity index (χ0v) is 19.0. The van der Waals surface area contributed by atoms with Crippen molar-refractivity contribution in [2.24, 2.45) is 0 Å². The van der Waals surface area contributed by atoms with Gasteiger partial charge in [0.25, 0.3) is 5.91 Å². The van der Waals surface area contributed by atoms with E-state index in [-0.39, 0.29) is 11.3 Å². The number of carbonyl (C=O) groups is 1. The van der Waals surface area contributed by atoms with E-state index in [0.717, 1.165) is 34.5 Å². The topological polar surface area (TPSA) is 47.6 Å². The zero-order chi connectivity index (χ0) is 22.4. The van der Waals surface area contributed by atoms with E-state index in [2.05, 4.69) is 39.1 Å². The van der Waals surface area contributed by atoms with Gasteiger partial charge in [0.15, 0.2) is 0 Å². The number of rotatable bonds is 7. The van der Waals surface area contributed by atoms with Crippen LogP contribution in [0.1, 0.15) is 54.7 Å². The second-order valence-electron chi connectivity index (χ2n) is 8.53. The van der Waals surface area contributed by atoms with E-state index >= 15 is 0 Å². The lowest BCUT2D eigenvalue weighted by atomic mass is 9.86. The predicted molar refractivity (Wildman–Crippen MR) is 126 cm³/mol. The van der Waals surface area contributed by atoms with E-state index in [1.54, 1.807) is 13.2 Å². The molecule has 3 aromatic carbocycles. The Labute approximate surface area is 185 Å². The predicted octanol–water partition coefficient (Wildman–Crippen LogP) is 6.39. The number of anilines is 1. The molecule has 0 saturated heterocycles. The van der Waals surface area contributed by atoms with Crippen molar-refractivity contribution in [3.05, 3.63) is 89.0 Å². The van der Waals surface area contributed by atoms with Crippen molar-refractivity contribution in [1.82, 2.24) is 0 Å². The molecule has 0 heterocycles. The van der Waals surface area contributed by atoms with Crippen LogP contribution >= 0.6 is 0 Å². The summed E-state index contributed by atoms with van der Waals surface area (Å²) >= 11 is 0. The van der Waals surface area contributed by atoms with Crippen LogP contribution in [0.15, 0.2) is 66.7 Å². The van der Waals surface area contributed by atoms with Gasteiger partial charge in [-0.05, 0) is 53.3 Å². The van der Waals surface area contributed by atoms with Gasteiger partial charge in [-0.1, -0.05) is 64.1 Å². The van der Waals surface area contributed by atoms with E-state index in [4.69, 9.17) is 9.47 Å². The van der Waals surface area contributed by atoms with Crippen LogP contribution in [0.25, 0.3) is 0 Å². The standard InChI is InChI=1S/C27H31NO3/c1-6-19-11-7-9-13-23(19)28-26(29)20-15-16-24(30-5)21(17-20)18-31-25-14-10-8-12-22(25)27(2,3)4/h7-17H,6,18H2,1-5H3,(H,28,29). The van der Waals surface area contributed by atoms with Crippen molar-refractivity contribution in [3.8, 4) is 11.5 Å². The molecule has 0 aliphatic heterocycles. The van der Waals surface area contributed by atoms with Crippen LogP contribution in [0.5, 0.6) is 11.5 Å². The second-order valence-corrected chi connectivity index (χ2v) is 8.53. The number of ether oxygens (including phenoxy) is 2. The summed E-state index contributed by atoms with van der Waals surface area (Å²) < 4.78 is 11.7. The first kappa shape index (κ1) is 22.4. The van der Waals surface area contributed by atoms with Gasteiger partial charge >= 0.3 is 0 Å². The van der Waals surface area contributed by atoms with E-state index < -0.39 is 0 Å². The smallest absolute Gasteiger partial charge is 0.255 e. The number of methoxy groups -OCH3 is 1. The van der Waals surface area contributed by atoms with Crippen molar-refractivity contribution in [1.29, 1.82) is 0 Å². The highest BCUT2D eigenvalue weighted by molar-refractivity contribution is 6.04. The van der Waals surface area contributed by atoms with Crippen molar-refractivity contribution >= 4 is 11.6 Å². The van der Waals surface area contributed by atoms with Crippen molar-refractivity contribution in [2.45, 2.75) is 46.1 Å². The number of benzene rings is 3. The molecule has 0 aromatic heterocycles. The molecule has 0 bridgehead atoms. The second kappa shape index (κ2) is 9.69. The number of para-hydroxylation sites is 2. The number of hydrogen-bond acceptors (Lipinski definition) is 3. The molecule has 0 aliphatic rings. The fourth-order valence-electron chi connectivity index (χ4n) is 3.55. The fourth-order valence-corrected chi connectivity index (χ4v) is 3.55. The van der Waals surface area contributed by atoms with Gasteiger partial charge in [0.1, 0.15) is 18.1 Å². The average Bonchev–Trinajstić information content (AvgIpc) is 2.77. The fraction of sp³-hybridized carbons (Fsp3) is 0.296. The lowest BCUT2D eigenvalue weighted by molar-refractivity contribution is 0.102. The van der Waals surface area contributed by atoms with Crippen LogP contribution in [0.4, 0.5) is 5.69 Å². The molecule has 31 heavy (non-hydrogen) atoms. The first-order valence-electron chi connectivity index (χ1n) is 10.6. The van der Waals surface area contributed by atoms with Crippen molar-refractivity contribution in [3.63, 3.8) is 0 Å². The summed E-state index contributed by atoms with van der Waals surface area (Å²) in [6.07, 6.45) is 0.853. The number of hydrogen-bond donors (Lipinski definition) is 1. The summed E-state index contributed by atoms with van der Waals surface area (Å²) in [6.45, 7) is 8.87. The molecule has 1 N–H and O–H groups in total. The molecule has 3 aromatic rings. The summed E-state index contributed by atoms with van der Waals surface area (Å²) in [7, 11) is 1.62. The van der Waals surface area contributed by atoms with E-state index in [1.165, 1.54) is 0 Å². The molecule has 4 heteroatoms. The Morgan fingerprint density at radius 2 is 1.61 bits per heavy atom. The summed E-state index contributed by atoms with van der Waals surface area (Å²) in [5.74, 6) is 1.38. The third kappa shape index (κ3) is 5.46. The van der Waals surface area contributed by atoms with Crippen LogP contribution in [-0.2, 0) is 18.4 Å². The summed E-state index contributed by atoms with van der Waals surface area (Å²) in [5, 5.41) is 3.02. The summed E-state index contributed by atoms with van der Waals surface area (Å²) in [4.78, 5) is 12.9. The Bertz CT molecular complexity index is 1050. The molecule has 3 rings (SSSR count). The van der Waals surface area contributed by atoms with Gasteiger partial charge in [-0.2, -0.15) is 0 Å². The van der Waals surface area contributed by atoms with E-state index in [9.17, 15) is 4.79 Å². The number of nitrogens with one attached hydrogen (secondary N) is 1. The molecule has 0 saturated carbocycles. The zero-order valence-electron chi connectivity index (χ0n) is 19.0. The van der Waals surface area contributed by atoms with Crippen molar-refractivity contribution in [2.75, 3.05) is 12.4 Å². The molecule has 4 nitrogen and oxygen atoms in total. The van der Waals surface area contributed by atoms with Gasteiger partial charge in [-0.25, -0.2) is 0 Å². The molecule has 1 amide bonds. The van der Waals surface area contributed by atoms with Gasteiger partial charge in [0, 0.05) is 16.8 Å². The normalized spacial score (nSPS) is 11.1. The highest BCUT2D eigenvalue weighted by atomic mass is 16.5. The van der Waals surface area contributed by atoms with Gasteiger partial charge < -0.3 is 14.8 Å². The molecular formula is C27H31NO3. The maximum absolute atomic E-state index is 12.9. The summed E-state index contributed by atoms with van der Waals surface area (Å²) in [5.41, 5.74) is 4.43. The molecule has 0 radical (unpaired) electrons. The third-order valence-electron chi connectivity index (χ3n) is 5.27. The van der Waals surface area contributed by atoms with Crippen LogP contribution in [0.3, 0.4) is 0 Å². The number of carbonyl (C=O) groups excluding carboxylic acids is 1. The number of aryl methyl sites for hydroxylation is 1. The van der Waals surface area contributed by atoms with Crippen LogP contribution < -0.4 is 14.8 Å². The minimum absolute atomic E-state index is 0.0327. The first-order valence-corrected chi connectivity index (χ1v) is 10.6. The molecule has 0 spiro atoms. The highest BCUT2D eigenvalue weighted by Crippen LogP contribution is 2.32. The SMILES string of the molecule is CCc1ccccc1NC(=O)c1ccc(OC)c(COc2ccccc2C(C)(C)C)c1. The Hall–Kier alpha value is -3.27. The van der Waals surface area contributed by atoms with Gasteiger partial charge in [0.05, 0.1) is 7.11 Å². The number of amides is 1. The minimum Gasteiger partial charge on any atom is -0.496 e. The van der Waals surface area contributed by atoms with Gasteiger partial charge in [-0.15, -0.1) is 0 Å².